The molecule has 356 valence electrons. The van der Waals surface area contributed by atoms with E-state index in [-0.39, 0.29) is 0 Å². The molecule has 2 aliphatic rings. The molecule has 1 aromatic heterocycles. The Morgan fingerprint density at radius 2 is 0.697 bits per heavy atom. The zero-order chi connectivity index (χ0) is 50.2. The smallest absolute Gasteiger partial charge is 0.0742 e. The van der Waals surface area contributed by atoms with Crippen molar-refractivity contribution in [3.8, 4) is 39.1 Å². The molecule has 13 aromatic rings. The van der Waals surface area contributed by atoms with Gasteiger partial charge in [-0.05, 0) is 132 Å². The number of benzene rings is 12. The predicted octanol–water partition coefficient (Wildman–Crippen LogP) is 18.6. The number of hydrogen-bond donors (Lipinski definition) is 0. The third kappa shape index (κ3) is 6.41. The van der Waals surface area contributed by atoms with Crippen LogP contribution in [-0.2, 0) is 10.8 Å². The Labute approximate surface area is 443 Å². The van der Waals surface area contributed by atoms with E-state index in [2.05, 4.69) is 313 Å². The summed E-state index contributed by atoms with van der Waals surface area (Å²) < 4.78 is 2.52. The second-order valence-electron chi connectivity index (χ2n) is 20.3. The largest absolute Gasteiger partial charge is 0.310 e. The van der Waals surface area contributed by atoms with Crippen LogP contribution in [0.3, 0.4) is 0 Å². The minimum Gasteiger partial charge on any atom is -0.310 e. The Kier molecular flexibility index (Phi) is 10.0. The summed E-state index contributed by atoms with van der Waals surface area (Å²) in [6, 6.07) is 112. The molecule has 2 nitrogen and oxygen atoms in total. The lowest BCUT2D eigenvalue weighted by Gasteiger charge is -2.41. The van der Waals surface area contributed by atoms with Crippen LogP contribution >= 0.6 is 0 Å². The summed E-state index contributed by atoms with van der Waals surface area (Å²) in [5.74, 6) is 0. The van der Waals surface area contributed by atoms with Gasteiger partial charge in [-0.1, -0.05) is 249 Å². The molecule has 0 bridgehead atoms. The van der Waals surface area contributed by atoms with E-state index in [0.717, 1.165) is 22.6 Å². The van der Waals surface area contributed by atoms with Crippen LogP contribution in [0.4, 0.5) is 17.1 Å². The van der Waals surface area contributed by atoms with E-state index < -0.39 is 10.8 Å². The van der Waals surface area contributed by atoms with Gasteiger partial charge in [0.25, 0.3) is 0 Å². The quantitative estimate of drug-likeness (QED) is 0.140. The van der Waals surface area contributed by atoms with Gasteiger partial charge in [0, 0.05) is 27.8 Å². The summed E-state index contributed by atoms with van der Waals surface area (Å²) in [7, 11) is 0. The molecule has 1 aliphatic carbocycles. The first kappa shape index (κ1) is 43.8. The fourth-order valence-corrected chi connectivity index (χ4v) is 13.4. The Hall–Kier alpha value is -9.76. The topological polar surface area (TPSA) is 8.17 Å². The maximum Gasteiger partial charge on any atom is 0.0742 e. The average Bonchev–Trinajstić information content (AvgIpc) is 4.08. The Balaban J connectivity index is 0.888. The zero-order valence-corrected chi connectivity index (χ0v) is 41.8. The highest BCUT2D eigenvalue weighted by atomic mass is 15.1. The van der Waals surface area contributed by atoms with Gasteiger partial charge in [-0.3, -0.25) is 0 Å². The molecule has 15 rings (SSSR count). The van der Waals surface area contributed by atoms with Crippen LogP contribution in [0.15, 0.2) is 303 Å². The third-order valence-corrected chi connectivity index (χ3v) is 16.5. The summed E-state index contributed by atoms with van der Waals surface area (Å²) in [5, 5.41) is 2.49. The fraction of sp³-hybridized carbons (Fsp3) is 0.0270. The monoisotopic (exact) mass is 966 g/mol. The number of para-hydroxylation sites is 2. The van der Waals surface area contributed by atoms with Crippen LogP contribution in [-0.4, -0.2) is 4.57 Å². The van der Waals surface area contributed by atoms with Crippen LogP contribution in [0.2, 0.25) is 0 Å². The van der Waals surface area contributed by atoms with Crippen molar-refractivity contribution in [1.29, 1.82) is 0 Å². The first-order valence-electron chi connectivity index (χ1n) is 26.4. The van der Waals surface area contributed by atoms with Gasteiger partial charge in [0.2, 0.25) is 0 Å². The maximum atomic E-state index is 2.52. The van der Waals surface area contributed by atoms with Gasteiger partial charge in [-0.2, -0.15) is 0 Å². The lowest BCUT2D eigenvalue weighted by molar-refractivity contribution is 0.728. The fourth-order valence-electron chi connectivity index (χ4n) is 13.4. The van der Waals surface area contributed by atoms with E-state index in [1.807, 2.05) is 0 Å². The van der Waals surface area contributed by atoms with Gasteiger partial charge in [-0.15, -0.1) is 0 Å². The van der Waals surface area contributed by atoms with Gasteiger partial charge in [0.05, 0.1) is 27.6 Å². The summed E-state index contributed by atoms with van der Waals surface area (Å²) in [5.41, 5.74) is 23.3. The molecule has 0 amide bonds. The van der Waals surface area contributed by atoms with Gasteiger partial charge >= 0.3 is 0 Å². The first-order chi connectivity index (χ1) is 37.7. The average molecular weight is 967 g/mol. The first-order valence-corrected chi connectivity index (χ1v) is 26.4. The Morgan fingerprint density at radius 3 is 1.29 bits per heavy atom. The lowest BCUT2D eigenvalue weighted by Crippen LogP contribution is -2.35. The molecule has 0 unspecified atom stereocenters. The van der Waals surface area contributed by atoms with Crippen molar-refractivity contribution in [2.24, 2.45) is 0 Å². The van der Waals surface area contributed by atoms with Crippen molar-refractivity contribution >= 4 is 38.9 Å². The van der Waals surface area contributed by atoms with Crippen molar-refractivity contribution in [3.05, 3.63) is 348 Å². The number of fused-ring (bicyclic) bond motifs is 8. The molecule has 2 heterocycles. The van der Waals surface area contributed by atoms with Crippen molar-refractivity contribution < 1.29 is 0 Å². The van der Waals surface area contributed by atoms with E-state index in [1.54, 1.807) is 0 Å². The normalized spacial score (nSPS) is 13.5. The predicted molar refractivity (Wildman–Crippen MR) is 316 cm³/mol. The van der Waals surface area contributed by atoms with Crippen LogP contribution in [0, 0.1) is 0 Å². The van der Waals surface area contributed by atoms with Gasteiger partial charge in [0.15, 0.2) is 0 Å². The van der Waals surface area contributed by atoms with E-state index >= 15 is 0 Å². The zero-order valence-electron chi connectivity index (χ0n) is 41.8. The molecule has 1 aliphatic heterocycles. The number of aromatic nitrogens is 1. The van der Waals surface area contributed by atoms with Crippen LogP contribution in [0.25, 0.3) is 60.9 Å². The highest BCUT2D eigenvalue weighted by Gasteiger charge is 2.47. The Bertz CT molecular complexity index is 4220. The van der Waals surface area contributed by atoms with Crippen molar-refractivity contribution in [2.45, 2.75) is 10.8 Å². The number of nitrogens with zero attached hydrogens (tertiary/aromatic N) is 2. The van der Waals surface area contributed by atoms with Crippen LogP contribution in [0.5, 0.6) is 0 Å². The molecule has 0 atom stereocenters. The number of rotatable bonds is 9. The van der Waals surface area contributed by atoms with Crippen molar-refractivity contribution in [2.75, 3.05) is 4.90 Å². The summed E-state index contributed by atoms with van der Waals surface area (Å²) in [4.78, 5) is 2.43. The minimum atomic E-state index is -0.522. The van der Waals surface area contributed by atoms with Crippen molar-refractivity contribution in [1.82, 2.24) is 4.57 Å². The molecule has 0 spiro atoms. The standard InChI is InChI=1S/C74H50N2/c1-6-21-51(22-7-1)52-37-42-59(43-38-52)75(61-46-47-63-62-31-16-17-33-66(62)73(69(63)50-61,55-23-8-2-9-24-55)56-25-10-3-11-26-56)60-44-39-53(40-45-60)54-41-48-70-65(49-54)64-32-20-35-68-72(64)76(70)71-36-19-18-34-67(71)74(68,57-27-12-4-13-28-57)58-29-14-5-15-30-58/h1-50H. The van der Waals surface area contributed by atoms with E-state index in [0.29, 0.717) is 0 Å². The molecule has 76 heavy (non-hydrogen) atoms. The summed E-state index contributed by atoms with van der Waals surface area (Å²) in [6.45, 7) is 0. The number of hydrogen-bond acceptors (Lipinski definition) is 1. The molecule has 0 saturated heterocycles. The van der Waals surface area contributed by atoms with Gasteiger partial charge < -0.3 is 9.47 Å². The molecule has 0 fully saturated rings. The van der Waals surface area contributed by atoms with E-state index in [4.69, 9.17) is 0 Å². The SMILES string of the molecule is c1ccc(-c2ccc(N(c3ccc(-c4ccc5c(c4)c4cccc6c4n5-c4ccccc4C6(c4ccccc4)c4ccccc4)cc3)c3ccc4c(c3)C(c3ccccc3)(c3ccccc3)c3ccccc3-4)cc2)cc1. The van der Waals surface area contributed by atoms with Gasteiger partial charge in [0.1, 0.15) is 0 Å². The van der Waals surface area contributed by atoms with E-state index in [9.17, 15) is 0 Å². The lowest BCUT2D eigenvalue weighted by atomic mass is 9.63. The molecule has 0 saturated carbocycles. The van der Waals surface area contributed by atoms with E-state index in [1.165, 1.54) is 99.8 Å². The van der Waals surface area contributed by atoms with Crippen LogP contribution in [0.1, 0.15) is 44.5 Å². The third-order valence-electron chi connectivity index (χ3n) is 16.5. The minimum absolute atomic E-state index is 0.511. The number of anilines is 3. The Morgan fingerprint density at radius 1 is 0.263 bits per heavy atom. The highest BCUT2D eigenvalue weighted by molar-refractivity contribution is 6.13. The second-order valence-corrected chi connectivity index (χ2v) is 20.3. The molecular formula is C74H50N2. The molecule has 2 heteroatoms. The van der Waals surface area contributed by atoms with Crippen LogP contribution < -0.4 is 4.90 Å². The summed E-state index contributed by atoms with van der Waals surface area (Å²) in [6.07, 6.45) is 0. The molecule has 0 N–H and O–H groups in total. The van der Waals surface area contributed by atoms with Gasteiger partial charge in [-0.25, -0.2) is 0 Å². The second kappa shape index (κ2) is 17.4. The molecule has 0 radical (unpaired) electrons. The summed E-state index contributed by atoms with van der Waals surface area (Å²) >= 11 is 0. The van der Waals surface area contributed by atoms with Crippen molar-refractivity contribution in [3.63, 3.8) is 0 Å². The molecule has 12 aromatic carbocycles. The highest BCUT2D eigenvalue weighted by Crippen LogP contribution is 2.58. The molecular weight excluding hydrogens is 917 g/mol. The maximum absolute atomic E-state index is 2.52.